The van der Waals surface area contributed by atoms with Crippen LogP contribution in [-0.4, -0.2) is 99.9 Å². The molecule has 0 bridgehead atoms. The number of hydrogen-bond donors (Lipinski definition) is 4. The molecule has 3 aromatic carbocycles. The lowest BCUT2D eigenvalue weighted by Crippen LogP contribution is -2.47. The smallest absolute Gasteiger partial charge is 0.246 e. The molecule has 2 unspecified atom stereocenters. The van der Waals surface area contributed by atoms with Gasteiger partial charge in [0.05, 0.1) is 35.1 Å². The van der Waals surface area contributed by atoms with E-state index in [9.17, 15) is 31.4 Å². The minimum absolute atomic E-state index is 0.0227. The summed E-state index contributed by atoms with van der Waals surface area (Å²) in [6.07, 6.45) is 1.58. The summed E-state index contributed by atoms with van der Waals surface area (Å²) in [5, 5.41) is 23.5. The molecule has 2 saturated heterocycles. The fraction of sp³-hybridized carbons (Fsp3) is 0.500. The number of nitrogens with two attached hydrogens (primary N) is 1. The van der Waals surface area contributed by atoms with Crippen LogP contribution in [0.2, 0.25) is 0 Å². The Hall–Kier alpha value is -3.15. The summed E-state index contributed by atoms with van der Waals surface area (Å²) in [5.41, 5.74) is 6.54. The third-order valence-corrected chi connectivity index (χ3v) is 14.6. The van der Waals surface area contributed by atoms with Gasteiger partial charge >= 0.3 is 0 Å². The maximum atomic E-state index is 14.5. The lowest BCUT2D eigenvalue weighted by Gasteiger charge is -2.38. The largest absolute Gasteiger partial charge is 0.492 e. The van der Waals surface area contributed by atoms with E-state index in [1.807, 2.05) is 0 Å². The zero-order chi connectivity index (χ0) is 36.4. The summed E-state index contributed by atoms with van der Waals surface area (Å²) in [7, 11) is -7.66. The normalized spacial score (nSPS) is 20.7. The minimum atomic E-state index is -3.96. The van der Waals surface area contributed by atoms with E-state index in [0.717, 1.165) is 0 Å². The zero-order valence-electron chi connectivity index (χ0n) is 28.6. The van der Waals surface area contributed by atoms with Gasteiger partial charge in [-0.05, 0) is 86.6 Å². The van der Waals surface area contributed by atoms with Gasteiger partial charge < -0.3 is 35.5 Å². The van der Waals surface area contributed by atoms with E-state index in [-0.39, 0.29) is 61.0 Å². The molecule has 1 aliphatic carbocycles. The van der Waals surface area contributed by atoms with E-state index in [0.29, 0.717) is 61.2 Å². The van der Waals surface area contributed by atoms with Crippen molar-refractivity contribution < 1.29 is 45.6 Å². The van der Waals surface area contributed by atoms with Crippen LogP contribution in [0.15, 0.2) is 70.5 Å². The van der Waals surface area contributed by atoms with Gasteiger partial charge in [0.2, 0.25) is 10.0 Å². The van der Waals surface area contributed by atoms with Crippen LogP contribution in [0.1, 0.15) is 44.6 Å². The van der Waals surface area contributed by atoms with Crippen molar-refractivity contribution in [2.45, 2.75) is 77.9 Å². The van der Waals surface area contributed by atoms with Crippen LogP contribution in [0.5, 0.6) is 11.5 Å². The number of sulfone groups is 1. The third-order valence-electron chi connectivity index (χ3n) is 10.2. The van der Waals surface area contributed by atoms with Gasteiger partial charge in [-0.25, -0.2) is 21.2 Å². The van der Waals surface area contributed by atoms with Gasteiger partial charge in [0, 0.05) is 37.8 Å². The first-order valence-electron chi connectivity index (χ1n) is 17.2. The number of piperidine rings is 1. The fourth-order valence-corrected chi connectivity index (χ4v) is 10.3. The van der Waals surface area contributed by atoms with E-state index in [2.05, 4.69) is 5.32 Å². The first kappa shape index (κ1) is 37.6. The second kappa shape index (κ2) is 15.1. The van der Waals surface area contributed by atoms with E-state index >= 15 is 0 Å². The Balaban J connectivity index is 1.02. The first-order valence-corrected chi connectivity index (χ1v) is 20.2. The average molecular weight is 748 g/mol. The van der Waals surface area contributed by atoms with Crippen molar-refractivity contribution in [2.24, 2.45) is 5.73 Å². The Morgan fingerprint density at radius 2 is 1.75 bits per heavy atom. The van der Waals surface area contributed by atoms with Crippen molar-refractivity contribution >= 4 is 19.9 Å². The highest BCUT2D eigenvalue weighted by Crippen LogP contribution is 2.46. The molecule has 3 aromatic rings. The number of ether oxygens (including phenoxy) is 3. The number of benzene rings is 3. The van der Waals surface area contributed by atoms with Crippen molar-refractivity contribution in [3.8, 4) is 22.6 Å². The Morgan fingerprint density at radius 1 is 1.02 bits per heavy atom. The summed E-state index contributed by atoms with van der Waals surface area (Å²) in [5.74, 6) is 0.0866. The van der Waals surface area contributed by atoms with E-state index in [4.69, 9.17) is 19.9 Å². The number of rotatable bonds is 15. The lowest BCUT2D eigenvalue weighted by molar-refractivity contribution is -0.0312. The van der Waals surface area contributed by atoms with E-state index in [1.165, 1.54) is 28.6 Å². The Kier molecular flexibility index (Phi) is 11.1. The monoisotopic (exact) mass is 747 g/mol. The van der Waals surface area contributed by atoms with Crippen molar-refractivity contribution in [2.75, 3.05) is 46.1 Å². The van der Waals surface area contributed by atoms with Crippen LogP contribution in [0.3, 0.4) is 0 Å². The van der Waals surface area contributed by atoms with Crippen LogP contribution in [0.25, 0.3) is 11.1 Å². The van der Waals surface area contributed by atoms with Gasteiger partial charge in [-0.1, -0.05) is 24.3 Å². The van der Waals surface area contributed by atoms with Crippen LogP contribution in [0, 0.1) is 5.82 Å². The predicted octanol–water partition coefficient (Wildman–Crippen LogP) is 2.99. The van der Waals surface area contributed by atoms with Crippen LogP contribution in [-0.2, 0) is 31.1 Å². The first-order chi connectivity index (χ1) is 24.3. The quantitative estimate of drug-likeness (QED) is 0.180. The number of halogens is 1. The molecular formula is C36H46FN3O9S2. The molecule has 0 aromatic heterocycles. The summed E-state index contributed by atoms with van der Waals surface area (Å²) in [4.78, 5) is 0.106. The molecule has 2 heterocycles. The molecule has 2 aliphatic heterocycles. The molecule has 0 amide bonds. The molecule has 1 spiro atoms. The SMILES string of the molecule is CCOc1ccc(-c2ccc(CN)c(F)c2)cc1S(=O)(=O)N1CCC2(CC1)CC(NCC(O)COc1cccc(S(=O)(=O)C3(CO)CC3)c1)CO2. The van der Waals surface area contributed by atoms with Gasteiger partial charge in [0.15, 0.2) is 9.84 Å². The average Bonchev–Trinajstić information content (AvgIpc) is 3.86. The molecule has 2 atom stereocenters. The summed E-state index contributed by atoms with van der Waals surface area (Å²) in [6.45, 7) is 2.74. The number of hydrogen-bond acceptors (Lipinski definition) is 11. The Morgan fingerprint density at radius 3 is 2.41 bits per heavy atom. The van der Waals surface area contributed by atoms with Crippen molar-refractivity contribution in [1.82, 2.24) is 9.62 Å². The molecule has 15 heteroatoms. The molecule has 5 N–H and O–H groups in total. The standard InChI is InChI=1S/C36H46FN3O9S2/c1-2-47-33-9-8-26(25-6-7-27(20-38)32(37)16-25)17-34(33)51(45,46)40-14-12-35(13-15-40)19-28(22-49-35)39-21-29(42)23-48-30-4-3-5-31(18-30)50(43,44)36(24-41)10-11-36/h3-9,16-18,28-29,39,41-42H,2,10-15,19-24,38H2,1H3. The molecule has 6 rings (SSSR count). The third kappa shape index (κ3) is 7.81. The topological polar surface area (TPSA) is 178 Å². The van der Waals surface area contributed by atoms with E-state index in [1.54, 1.807) is 43.3 Å². The molecule has 278 valence electrons. The van der Waals surface area contributed by atoms with Crippen LogP contribution >= 0.6 is 0 Å². The molecule has 12 nitrogen and oxygen atoms in total. The molecule has 51 heavy (non-hydrogen) atoms. The zero-order valence-corrected chi connectivity index (χ0v) is 30.2. The molecular weight excluding hydrogens is 702 g/mol. The number of sulfonamides is 1. The van der Waals surface area contributed by atoms with Gasteiger partial charge in [-0.3, -0.25) is 0 Å². The molecule has 0 radical (unpaired) electrons. The number of nitrogens with one attached hydrogen (secondary N) is 1. The lowest BCUT2D eigenvalue weighted by atomic mass is 9.88. The van der Waals surface area contributed by atoms with Crippen LogP contribution in [0.4, 0.5) is 4.39 Å². The number of aliphatic hydroxyl groups excluding tert-OH is 2. The van der Waals surface area contributed by atoms with E-state index < -0.39 is 48.7 Å². The van der Waals surface area contributed by atoms with Crippen molar-refractivity contribution in [1.29, 1.82) is 0 Å². The highest BCUT2D eigenvalue weighted by atomic mass is 32.2. The summed E-state index contributed by atoms with van der Waals surface area (Å²) in [6, 6.07) is 15.5. The second-order valence-electron chi connectivity index (χ2n) is 13.6. The fourth-order valence-electron chi connectivity index (χ4n) is 6.84. The van der Waals surface area contributed by atoms with Gasteiger partial charge in [-0.15, -0.1) is 0 Å². The number of aliphatic hydroxyl groups is 2. The summed E-state index contributed by atoms with van der Waals surface area (Å²) >= 11 is 0. The molecule has 3 aliphatic rings. The van der Waals surface area contributed by atoms with Crippen molar-refractivity contribution in [3.05, 3.63) is 72.0 Å². The Bertz CT molecular complexity index is 1930. The highest BCUT2D eigenvalue weighted by Gasteiger charge is 2.54. The van der Waals surface area contributed by atoms with Gasteiger partial charge in [-0.2, -0.15) is 4.31 Å². The maximum Gasteiger partial charge on any atom is 0.246 e. The van der Waals surface area contributed by atoms with Gasteiger partial charge in [0.1, 0.15) is 34.9 Å². The molecule has 3 fully saturated rings. The van der Waals surface area contributed by atoms with Gasteiger partial charge in [0.25, 0.3) is 0 Å². The Labute approximate surface area is 298 Å². The maximum absolute atomic E-state index is 14.5. The van der Waals surface area contributed by atoms with Crippen molar-refractivity contribution in [3.63, 3.8) is 0 Å². The molecule has 1 saturated carbocycles. The minimum Gasteiger partial charge on any atom is -0.492 e. The van der Waals surface area contributed by atoms with Crippen LogP contribution < -0.4 is 20.5 Å². The number of nitrogens with zero attached hydrogens (tertiary/aromatic N) is 1. The summed E-state index contributed by atoms with van der Waals surface area (Å²) < 4.78 is 86.4. The predicted molar refractivity (Wildman–Crippen MR) is 188 cm³/mol. The highest BCUT2D eigenvalue weighted by molar-refractivity contribution is 7.93. The second-order valence-corrected chi connectivity index (χ2v) is 17.8.